The first-order chi connectivity index (χ1) is 12.8. The number of benzene rings is 2. The van der Waals surface area contributed by atoms with Crippen LogP contribution < -0.4 is 15.8 Å². The SMILES string of the molecule is CS(=O)(=O)Nc1ccc(-c2cnc(N)c(C(=O)Nc3ccccc3)n2)cc1.[HH].[HH].[HH].[HH]. The third-order valence-electron chi connectivity index (χ3n) is 3.53. The third kappa shape index (κ3) is 4.79. The minimum Gasteiger partial charge on any atom is -0.382 e. The van der Waals surface area contributed by atoms with Gasteiger partial charge in [-0.25, -0.2) is 18.4 Å². The molecule has 1 heterocycles. The smallest absolute Gasteiger partial charge is 0.278 e. The van der Waals surface area contributed by atoms with Crippen molar-refractivity contribution >= 4 is 33.1 Å². The van der Waals surface area contributed by atoms with Crippen molar-refractivity contribution in [2.75, 3.05) is 22.0 Å². The molecule has 0 bridgehead atoms. The molecule has 0 saturated heterocycles. The molecule has 0 atom stereocenters. The Morgan fingerprint density at radius 3 is 2.33 bits per heavy atom. The minimum absolute atomic E-state index is 0. The molecule has 4 N–H and O–H groups in total. The first-order valence-electron chi connectivity index (χ1n) is 7.89. The van der Waals surface area contributed by atoms with Gasteiger partial charge in [0.2, 0.25) is 10.0 Å². The molecule has 0 spiro atoms. The van der Waals surface area contributed by atoms with Crippen LogP contribution in [0.25, 0.3) is 11.3 Å². The highest BCUT2D eigenvalue weighted by atomic mass is 32.2. The van der Waals surface area contributed by atoms with Gasteiger partial charge in [-0.1, -0.05) is 30.3 Å². The number of sulfonamides is 1. The lowest BCUT2D eigenvalue weighted by Gasteiger charge is -2.09. The van der Waals surface area contributed by atoms with Crippen LogP contribution >= 0.6 is 0 Å². The number of nitrogens with one attached hydrogen (secondary N) is 2. The zero-order chi connectivity index (χ0) is 19.4. The lowest BCUT2D eigenvalue weighted by atomic mass is 10.1. The zero-order valence-corrected chi connectivity index (χ0v) is 15.2. The number of aromatic nitrogens is 2. The highest BCUT2D eigenvalue weighted by Gasteiger charge is 2.15. The van der Waals surface area contributed by atoms with Crippen molar-refractivity contribution in [3.63, 3.8) is 0 Å². The van der Waals surface area contributed by atoms with Gasteiger partial charge in [0.05, 0.1) is 18.1 Å². The number of carbonyl (C=O) groups is 1. The summed E-state index contributed by atoms with van der Waals surface area (Å²) < 4.78 is 24.9. The number of carbonyl (C=O) groups excluding carboxylic acids is 1. The van der Waals surface area contributed by atoms with Gasteiger partial charge in [0, 0.05) is 22.6 Å². The van der Waals surface area contributed by atoms with Crippen LogP contribution in [0.2, 0.25) is 0 Å². The van der Waals surface area contributed by atoms with Crippen LogP contribution in [0.1, 0.15) is 16.2 Å². The fourth-order valence-electron chi connectivity index (χ4n) is 2.34. The summed E-state index contributed by atoms with van der Waals surface area (Å²) in [5, 5.41) is 2.71. The van der Waals surface area contributed by atoms with E-state index in [-0.39, 0.29) is 17.2 Å². The molecule has 1 aromatic heterocycles. The van der Waals surface area contributed by atoms with E-state index in [2.05, 4.69) is 20.0 Å². The van der Waals surface area contributed by atoms with Gasteiger partial charge in [-0.15, -0.1) is 0 Å². The highest BCUT2D eigenvalue weighted by Crippen LogP contribution is 2.21. The van der Waals surface area contributed by atoms with E-state index >= 15 is 0 Å². The normalized spacial score (nSPS) is 11.0. The highest BCUT2D eigenvalue weighted by molar-refractivity contribution is 7.92. The average molecular weight is 391 g/mol. The Hall–Kier alpha value is -3.46. The molecule has 0 unspecified atom stereocenters. The van der Waals surface area contributed by atoms with Gasteiger partial charge in [0.15, 0.2) is 11.5 Å². The summed E-state index contributed by atoms with van der Waals surface area (Å²) in [5.74, 6) is -0.453. The molecule has 27 heavy (non-hydrogen) atoms. The molecule has 146 valence electrons. The van der Waals surface area contributed by atoms with Gasteiger partial charge in [0.1, 0.15) is 0 Å². The summed E-state index contributed by atoms with van der Waals surface area (Å²) in [6, 6.07) is 15.5. The summed E-state index contributed by atoms with van der Waals surface area (Å²) in [4.78, 5) is 20.8. The van der Waals surface area contributed by atoms with Gasteiger partial charge in [-0.05, 0) is 24.3 Å². The van der Waals surface area contributed by atoms with Crippen molar-refractivity contribution < 1.29 is 18.9 Å². The van der Waals surface area contributed by atoms with Crippen LogP contribution in [0.3, 0.4) is 0 Å². The molecule has 0 aliphatic heterocycles. The summed E-state index contributed by atoms with van der Waals surface area (Å²) >= 11 is 0. The van der Waals surface area contributed by atoms with E-state index < -0.39 is 15.9 Å². The van der Waals surface area contributed by atoms with E-state index in [0.717, 1.165) is 6.26 Å². The molecule has 9 heteroatoms. The maximum Gasteiger partial charge on any atom is 0.278 e. The Morgan fingerprint density at radius 2 is 1.70 bits per heavy atom. The summed E-state index contributed by atoms with van der Waals surface area (Å²) in [6.45, 7) is 0. The third-order valence-corrected chi connectivity index (χ3v) is 4.14. The Labute approximate surface area is 162 Å². The predicted molar refractivity (Wildman–Crippen MR) is 113 cm³/mol. The molecule has 0 radical (unpaired) electrons. The average Bonchev–Trinajstić information content (AvgIpc) is 2.62. The number of nitrogen functional groups attached to an aromatic ring is 1. The largest absolute Gasteiger partial charge is 0.382 e. The van der Waals surface area contributed by atoms with E-state index in [1.807, 2.05) is 6.07 Å². The lowest BCUT2D eigenvalue weighted by molar-refractivity contribution is 0.102. The molecule has 0 aliphatic carbocycles. The van der Waals surface area contributed by atoms with Crippen molar-refractivity contribution in [1.82, 2.24) is 9.97 Å². The number of hydrogen-bond acceptors (Lipinski definition) is 6. The molecule has 0 fully saturated rings. The molecule has 3 rings (SSSR count). The second-order valence-electron chi connectivity index (χ2n) is 5.76. The van der Waals surface area contributed by atoms with Crippen molar-refractivity contribution in [3.05, 3.63) is 66.5 Å². The Bertz CT molecular complexity index is 1090. The molecule has 3 aromatic rings. The fourth-order valence-corrected chi connectivity index (χ4v) is 2.90. The van der Waals surface area contributed by atoms with E-state index in [9.17, 15) is 13.2 Å². The van der Waals surface area contributed by atoms with E-state index in [1.165, 1.54) is 6.20 Å². The van der Waals surface area contributed by atoms with Gasteiger partial charge in [-0.2, -0.15) is 0 Å². The maximum atomic E-state index is 12.5. The van der Waals surface area contributed by atoms with Crippen molar-refractivity contribution in [1.29, 1.82) is 0 Å². The second-order valence-corrected chi connectivity index (χ2v) is 7.51. The number of amides is 1. The summed E-state index contributed by atoms with van der Waals surface area (Å²) in [5.41, 5.74) is 7.95. The molecular weight excluding hydrogens is 366 g/mol. The number of nitrogens with two attached hydrogens (primary N) is 1. The molecule has 1 amide bonds. The Morgan fingerprint density at radius 1 is 1.04 bits per heavy atom. The molecule has 0 saturated carbocycles. The van der Waals surface area contributed by atoms with Gasteiger partial charge >= 0.3 is 0 Å². The Kier molecular flexibility index (Phi) is 5.04. The number of para-hydroxylation sites is 1. The monoisotopic (exact) mass is 391 g/mol. The van der Waals surface area contributed by atoms with Crippen LogP contribution in [0.4, 0.5) is 17.2 Å². The summed E-state index contributed by atoms with van der Waals surface area (Å²) in [6.07, 6.45) is 2.53. The van der Waals surface area contributed by atoms with Crippen LogP contribution in [0.5, 0.6) is 0 Å². The van der Waals surface area contributed by atoms with E-state index in [4.69, 9.17) is 5.73 Å². The fraction of sp³-hybridized carbons (Fsp3) is 0.0556. The van der Waals surface area contributed by atoms with Crippen molar-refractivity contribution in [3.8, 4) is 11.3 Å². The van der Waals surface area contributed by atoms with Crippen molar-refractivity contribution in [2.45, 2.75) is 0 Å². The number of nitrogens with zero attached hydrogens (tertiary/aromatic N) is 2. The van der Waals surface area contributed by atoms with Crippen LogP contribution in [0.15, 0.2) is 60.8 Å². The minimum atomic E-state index is -3.36. The number of hydrogen-bond donors (Lipinski definition) is 3. The standard InChI is InChI=1S/C18H17N5O3S.4H2/c1-27(25,26)23-14-9-7-12(8-10-14)15-11-20-17(19)16(22-15)18(24)21-13-5-3-2-4-6-13;;;;/h2-11,23H,1H3,(H2,19,20)(H,21,24);4*1H. The molecule has 0 aliphatic rings. The van der Waals surface area contributed by atoms with Gasteiger partial charge in [0.25, 0.3) is 5.91 Å². The van der Waals surface area contributed by atoms with Gasteiger partial charge < -0.3 is 11.1 Å². The predicted octanol–water partition coefficient (Wildman–Crippen LogP) is 3.33. The molecular formula is C18H25N5O3S. The number of rotatable bonds is 5. The van der Waals surface area contributed by atoms with E-state index in [1.54, 1.807) is 48.5 Å². The first-order valence-corrected chi connectivity index (χ1v) is 9.78. The lowest BCUT2D eigenvalue weighted by Crippen LogP contribution is -2.17. The Balaban J connectivity index is 0. The topological polar surface area (TPSA) is 127 Å². The van der Waals surface area contributed by atoms with Crippen molar-refractivity contribution in [2.24, 2.45) is 0 Å². The molecule has 2 aromatic carbocycles. The van der Waals surface area contributed by atoms with Crippen LogP contribution in [-0.4, -0.2) is 30.5 Å². The molecule has 8 nitrogen and oxygen atoms in total. The second kappa shape index (κ2) is 7.42. The number of anilines is 3. The van der Waals surface area contributed by atoms with Gasteiger partial charge in [-0.3, -0.25) is 9.52 Å². The van der Waals surface area contributed by atoms with Crippen LogP contribution in [-0.2, 0) is 10.0 Å². The van der Waals surface area contributed by atoms with E-state index in [0.29, 0.717) is 22.6 Å². The maximum absolute atomic E-state index is 12.5. The summed E-state index contributed by atoms with van der Waals surface area (Å²) in [7, 11) is -3.36. The first kappa shape index (κ1) is 18.3. The quantitative estimate of drug-likeness (QED) is 0.612. The zero-order valence-electron chi connectivity index (χ0n) is 14.4. The van der Waals surface area contributed by atoms with Crippen LogP contribution in [0, 0.1) is 0 Å².